The van der Waals surface area contributed by atoms with Gasteiger partial charge in [0.15, 0.2) is 0 Å². The maximum Gasteiger partial charge on any atom is 0.251 e. The van der Waals surface area contributed by atoms with Gasteiger partial charge in [-0.05, 0) is 43.4 Å². The number of benzene rings is 1. The van der Waals surface area contributed by atoms with Crippen molar-refractivity contribution >= 4 is 15.9 Å². The lowest BCUT2D eigenvalue weighted by Crippen LogP contribution is -2.41. The molecule has 1 fully saturated rings. The Morgan fingerprint density at radius 3 is 2.45 bits per heavy atom. The van der Waals surface area contributed by atoms with Gasteiger partial charge < -0.3 is 11.1 Å². The molecular weight excluding hydrogens is 302 g/mol. The number of rotatable bonds is 8. The summed E-state index contributed by atoms with van der Waals surface area (Å²) in [6.45, 7) is 2.27. The van der Waals surface area contributed by atoms with Crippen LogP contribution in [0, 0.1) is 5.92 Å². The molecule has 2 rings (SSSR count). The van der Waals surface area contributed by atoms with Gasteiger partial charge in [0.2, 0.25) is 10.0 Å². The first kappa shape index (κ1) is 16.9. The molecule has 1 aromatic carbocycles. The largest absolute Gasteiger partial charge is 0.348 e. The lowest BCUT2D eigenvalue weighted by molar-refractivity contribution is 0.0933. The van der Waals surface area contributed by atoms with Crippen LogP contribution in [-0.2, 0) is 16.6 Å². The quantitative estimate of drug-likeness (QED) is 0.651. The van der Waals surface area contributed by atoms with Crippen LogP contribution >= 0.6 is 0 Å². The van der Waals surface area contributed by atoms with Gasteiger partial charge in [-0.15, -0.1) is 0 Å². The Labute approximate surface area is 131 Å². The average Bonchev–Trinajstić information content (AvgIpc) is 3.36. The van der Waals surface area contributed by atoms with Crippen LogP contribution in [0.25, 0.3) is 0 Å². The highest BCUT2D eigenvalue weighted by atomic mass is 32.2. The fraction of sp³-hybridized carbons (Fsp3) is 0.533. The molecule has 1 atom stereocenters. The molecule has 0 bridgehead atoms. The number of nitrogens with one attached hydrogen (secondary N) is 2. The molecule has 22 heavy (non-hydrogen) atoms. The van der Waals surface area contributed by atoms with Crippen molar-refractivity contribution in [3.05, 3.63) is 35.4 Å². The molecule has 0 saturated heterocycles. The summed E-state index contributed by atoms with van der Waals surface area (Å²) in [6, 6.07) is 6.95. The van der Waals surface area contributed by atoms with Crippen molar-refractivity contribution in [3.8, 4) is 0 Å². The molecule has 0 radical (unpaired) electrons. The molecule has 1 aromatic rings. The van der Waals surface area contributed by atoms with Crippen LogP contribution in [0.4, 0.5) is 0 Å². The third kappa shape index (κ3) is 4.79. The van der Waals surface area contributed by atoms with E-state index in [9.17, 15) is 13.2 Å². The van der Waals surface area contributed by atoms with Crippen molar-refractivity contribution in [1.29, 1.82) is 0 Å². The van der Waals surface area contributed by atoms with Gasteiger partial charge in [0.1, 0.15) is 0 Å². The van der Waals surface area contributed by atoms with E-state index in [0.717, 1.165) is 18.4 Å². The molecular formula is C15H23N3O3S. The second kappa shape index (κ2) is 7.21. The summed E-state index contributed by atoms with van der Waals surface area (Å²) < 4.78 is 25.3. The molecule has 0 aliphatic heterocycles. The number of sulfonamides is 1. The first-order valence-electron chi connectivity index (χ1n) is 7.52. The molecule has 1 aliphatic carbocycles. The Kier molecular flexibility index (Phi) is 5.55. The van der Waals surface area contributed by atoms with Gasteiger partial charge in [-0.25, -0.2) is 13.1 Å². The number of carbonyl (C=O) groups is 1. The topological polar surface area (TPSA) is 101 Å². The minimum absolute atomic E-state index is 0.0449. The van der Waals surface area contributed by atoms with Crippen LogP contribution in [0.15, 0.2) is 24.3 Å². The molecule has 1 unspecified atom stereocenters. The van der Waals surface area contributed by atoms with Crippen molar-refractivity contribution < 1.29 is 13.2 Å². The smallest absolute Gasteiger partial charge is 0.251 e. The van der Waals surface area contributed by atoms with Crippen molar-refractivity contribution in [2.75, 3.05) is 12.3 Å². The Bertz CT molecular complexity index is 609. The second-order valence-corrected chi connectivity index (χ2v) is 7.67. The third-order valence-corrected chi connectivity index (χ3v) is 5.20. The summed E-state index contributed by atoms with van der Waals surface area (Å²) in [5.74, 6) is 0.425. The molecule has 1 saturated carbocycles. The van der Waals surface area contributed by atoms with E-state index in [0.29, 0.717) is 18.0 Å². The monoisotopic (exact) mass is 325 g/mol. The molecule has 1 amide bonds. The van der Waals surface area contributed by atoms with Gasteiger partial charge in [0, 0.05) is 24.7 Å². The van der Waals surface area contributed by atoms with Gasteiger partial charge in [-0.2, -0.15) is 0 Å². The number of hydrogen-bond acceptors (Lipinski definition) is 4. The zero-order valence-electron chi connectivity index (χ0n) is 12.7. The van der Waals surface area contributed by atoms with Crippen LogP contribution in [0.5, 0.6) is 0 Å². The summed E-state index contributed by atoms with van der Waals surface area (Å²) in [6.07, 6.45) is 2.25. The number of carbonyl (C=O) groups excluding carboxylic acids is 1. The van der Waals surface area contributed by atoms with Crippen LogP contribution in [-0.4, -0.2) is 32.7 Å². The molecule has 0 aromatic heterocycles. The van der Waals surface area contributed by atoms with Crippen LogP contribution in [0.1, 0.15) is 35.7 Å². The Morgan fingerprint density at radius 2 is 1.95 bits per heavy atom. The van der Waals surface area contributed by atoms with Crippen molar-refractivity contribution in [1.82, 2.24) is 10.0 Å². The van der Waals surface area contributed by atoms with E-state index < -0.39 is 10.0 Å². The predicted octanol–water partition coefficient (Wildman–Crippen LogP) is 0.593. The maximum atomic E-state index is 12.1. The lowest BCUT2D eigenvalue weighted by Gasteiger charge is -2.16. The Hall–Kier alpha value is -1.44. The average molecular weight is 325 g/mol. The maximum absolute atomic E-state index is 12.1. The molecule has 0 heterocycles. The van der Waals surface area contributed by atoms with E-state index in [2.05, 4.69) is 10.0 Å². The first-order chi connectivity index (χ1) is 10.4. The van der Waals surface area contributed by atoms with Gasteiger partial charge in [0.25, 0.3) is 5.91 Å². The highest BCUT2D eigenvalue weighted by Gasteiger charge is 2.31. The van der Waals surface area contributed by atoms with Crippen molar-refractivity contribution in [2.45, 2.75) is 32.4 Å². The Morgan fingerprint density at radius 1 is 1.32 bits per heavy atom. The van der Waals surface area contributed by atoms with Crippen LogP contribution in [0.2, 0.25) is 0 Å². The summed E-state index contributed by atoms with van der Waals surface area (Å²) in [5, 5.41) is 2.95. The van der Waals surface area contributed by atoms with Crippen LogP contribution in [0.3, 0.4) is 0 Å². The van der Waals surface area contributed by atoms with E-state index in [-0.39, 0.29) is 24.2 Å². The zero-order chi connectivity index (χ0) is 16.2. The van der Waals surface area contributed by atoms with E-state index in [1.165, 1.54) is 0 Å². The molecule has 4 N–H and O–H groups in total. The van der Waals surface area contributed by atoms with Gasteiger partial charge >= 0.3 is 0 Å². The van der Waals surface area contributed by atoms with E-state index in [1.807, 2.05) is 0 Å². The fourth-order valence-corrected chi connectivity index (χ4v) is 2.78. The van der Waals surface area contributed by atoms with Gasteiger partial charge in [0.05, 0.1) is 5.75 Å². The minimum atomic E-state index is -3.21. The minimum Gasteiger partial charge on any atom is -0.348 e. The van der Waals surface area contributed by atoms with Gasteiger partial charge in [-0.3, -0.25) is 4.79 Å². The molecule has 7 heteroatoms. The molecule has 1 aliphatic rings. The SMILES string of the molecule is CCS(=O)(=O)NCc1ccc(C(=O)NC(CN)C2CC2)cc1. The lowest BCUT2D eigenvalue weighted by atomic mass is 10.1. The fourth-order valence-electron chi connectivity index (χ4n) is 2.19. The summed E-state index contributed by atoms with van der Waals surface area (Å²) in [4.78, 5) is 12.1. The van der Waals surface area contributed by atoms with Gasteiger partial charge in [-0.1, -0.05) is 12.1 Å². The standard InChI is InChI=1S/C15H23N3O3S/c1-2-22(20,21)17-10-11-3-5-13(6-4-11)15(19)18-14(9-16)12-7-8-12/h3-6,12,14,17H,2,7-10,16H2,1H3,(H,18,19). The highest BCUT2D eigenvalue weighted by molar-refractivity contribution is 7.89. The van der Waals surface area contributed by atoms with E-state index in [1.54, 1.807) is 31.2 Å². The normalized spacial score (nSPS) is 16.3. The number of hydrogen-bond donors (Lipinski definition) is 3. The zero-order valence-corrected chi connectivity index (χ0v) is 13.5. The first-order valence-corrected chi connectivity index (χ1v) is 9.17. The summed E-state index contributed by atoms with van der Waals surface area (Å²) in [5.41, 5.74) is 7.05. The molecule has 122 valence electrons. The van der Waals surface area contributed by atoms with Crippen LogP contribution < -0.4 is 15.8 Å². The second-order valence-electron chi connectivity index (χ2n) is 5.57. The molecule has 0 spiro atoms. The third-order valence-electron chi connectivity index (χ3n) is 3.85. The Balaban J connectivity index is 1.91. The highest BCUT2D eigenvalue weighted by Crippen LogP contribution is 2.32. The number of amides is 1. The summed E-state index contributed by atoms with van der Waals surface area (Å²) in [7, 11) is -3.21. The molecule has 6 nitrogen and oxygen atoms in total. The van der Waals surface area contributed by atoms with E-state index >= 15 is 0 Å². The van der Waals surface area contributed by atoms with Crippen molar-refractivity contribution in [3.63, 3.8) is 0 Å². The summed E-state index contributed by atoms with van der Waals surface area (Å²) >= 11 is 0. The van der Waals surface area contributed by atoms with Crippen molar-refractivity contribution in [2.24, 2.45) is 11.7 Å². The van der Waals surface area contributed by atoms with E-state index in [4.69, 9.17) is 5.73 Å². The number of nitrogens with two attached hydrogens (primary N) is 1. The predicted molar refractivity (Wildman–Crippen MR) is 85.8 cm³/mol.